The summed E-state index contributed by atoms with van der Waals surface area (Å²) in [5, 5.41) is 8.74. The van der Waals surface area contributed by atoms with Crippen molar-refractivity contribution in [2.75, 3.05) is 12.3 Å². The predicted octanol–water partition coefficient (Wildman–Crippen LogP) is 4.71. The van der Waals surface area contributed by atoms with Gasteiger partial charge in [0.1, 0.15) is 6.04 Å². The van der Waals surface area contributed by atoms with Gasteiger partial charge in [-0.1, -0.05) is 66.7 Å². The van der Waals surface area contributed by atoms with Crippen LogP contribution in [0.15, 0.2) is 0 Å². The molecule has 5 rings (SSSR count). The molecule has 12 heteroatoms. The number of Topliss-reactive ketones (excluding diaryl/α,β-unsaturated/α-hetero) is 2. The zero-order valence-electron chi connectivity index (χ0n) is 31.7. The summed E-state index contributed by atoms with van der Waals surface area (Å²) in [6.45, 7) is 15.2. The Balaban J connectivity index is 1.33. The van der Waals surface area contributed by atoms with E-state index in [0.717, 1.165) is 51.4 Å². The van der Waals surface area contributed by atoms with Crippen molar-refractivity contribution in [3.8, 4) is 0 Å². The summed E-state index contributed by atoms with van der Waals surface area (Å²) in [5.41, 5.74) is -1.82. The fraction of sp³-hybridized carbons (Fsp3) is 0.868. The average Bonchev–Trinajstić information content (AvgIpc) is 3.95. The van der Waals surface area contributed by atoms with E-state index in [2.05, 4.69) is 29.8 Å². The summed E-state index contributed by atoms with van der Waals surface area (Å²) in [6, 6.07) is -2.29. The minimum atomic E-state index is -3.55. The lowest BCUT2D eigenvalue weighted by atomic mass is 9.83. The molecule has 4 amide bonds. The first-order valence-corrected chi connectivity index (χ1v) is 20.7. The molecule has 0 spiro atoms. The van der Waals surface area contributed by atoms with Crippen molar-refractivity contribution < 1.29 is 32.4 Å². The number of piperidine rings is 1. The van der Waals surface area contributed by atoms with E-state index in [4.69, 9.17) is 0 Å². The quantitative estimate of drug-likeness (QED) is 0.220. The Labute approximate surface area is 299 Å². The van der Waals surface area contributed by atoms with Gasteiger partial charge in [-0.05, 0) is 87.9 Å². The standard InChI is InChI=1S/C38H62N4O7S/c1-35(2,3)31(40-34(47)41-38(18-10-9-11-19-38)22-50(48,49)36(4,5)6)33(46)42-21-26-28(37(26,7)8)29(42)27(43)20-24(15-14-23-12-13-23)30(44)32(45)39-25-16-17-25/h23-26,28-29,31H,9-22H2,1-8H3,(H,39,45)(H2,40,41,47)/t24-,26-,28-,29?,31+/m0/s1. The topological polar surface area (TPSA) is 159 Å². The van der Waals surface area contributed by atoms with Crippen molar-refractivity contribution in [2.24, 2.45) is 34.5 Å². The molecule has 0 bridgehead atoms. The number of hydrogen-bond donors (Lipinski definition) is 3. The lowest BCUT2D eigenvalue weighted by Gasteiger charge is -2.41. The van der Waals surface area contributed by atoms with Crippen molar-refractivity contribution in [1.82, 2.24) is 20.9 Å². The van der Waals surface area contributed by atoms with Crippen LogP contribution in [0.2, 0.25) is 0 Å². The highest BCUT2D eigenvalue weighted by Gasteiger charge is 2.69. The summed E-state index contributed by atoms with van der Waals surface area (Å²) >= 11 is 0. The van der Waals surface area contributed by atoms with Crippen LogP contribution in [0.25, 0.3) is 0 Å². The molecule has 1 saturated heterocycles. The van der Waals surface area contributed by atoms with E-state index >= 15 is 0 Å². The molecule has 11 nitrogen and oxygen atoms in total. The van der Waals surface area contributed by atoms with Gasteiger partial charge >= 0.3 is 6.03 Å². The third-order valence-electron chi connectivity index (χ3n) is 12.4. The van der Waals surface area contributed by atoms with Crippen LogP contribution in [0.4, 0.5) is 4.79 Å². The lowest BCUT2D eigenvalue weighted by molar-refractivity contribution is -0.145. The molecule has 4 saturated carbocycles. The van der Waals surface area contributed by atoms with Gasteiger partial charge < -0.3 is 20.9 Å². The molecule has 5 aliphatic rings. The fourth-order valence-corrected chi connectivity index (χ4v) is 9.94. The van der Waals surface area contributed by atoms with Crippen molar-refractivity contribution in [3.63, 3.8) is 0 Å². The van der Waals surface area contributed by atoms with Crippen molar-refractivity contribution in [3.05, 3.63) is 0 Å². The van der Waals surface area contributed by atoms with E-state index < -0.39 is 61.3 Å². The van der Waals surface area contributed by atoms with Gasteiger partial charge in [0.25, 0.3) is 5.91 Å². The maximum absolute atomic E-state index is 14.5. The van der Waals surface area contributed by atoms with E-state index in [1.54, 1.807) is 25.7 Å². The number of ketones is 2. The van der Waals surface area contributed by atoms with E-state index in [1.807, 2.05) is 20.8 Å². The first-order chi connectivity index (χ1) is 23.1. The zero-order chi connectivity index (χ0) is 37.0. The minimum absolute atomic E-state index is 0.0390. The number of sulfone groups is 1. The molecule has 1 heterocycles. The molecule has 0 aromatic carbocycles. The first kappa shape index (κ1) is 38.7. The Bertz CT molecular complexity index is 1460. The maximum Gasteiger partial charge on any atom is 0.315 e. The third kappa shape index (κ3) is 8.58. The number of carbonyl (C=O) groups excluding carboxylic acids is 5. The number of rotatable bonds is 14. The van der Waals surface area contributed by atoms with Crippen LogP contribution in [0.1, 0.15) is 132 Å². The Morgan fingerprint density at radius 1 is 0.900 bits per heavy atom. The van der Waals surface area contributed by atoms with E-state index in [0.29, 0.717) is 31.7 Å². The van der Waals surface area contributed by atoms with Gasteiger partial charge in [0.15, 0.2) is 15.6 Å². The average molecular weight is 719 g/mol. The molecule has 1 aliphatic heterocycles. The third-order valence-corrected chi connectivity index (χ3v) is 15.2. The molecular weight excluding hydrogens is 657 g/mol. The highest BCUT2D eigenvalue weighted by molar-refractivity contribution is 7.92. The van der Waals surface area contributed by atoms with E-state index in [1.165, 1.54) is 0 Å². The van der Waals surface area contributed by atoms with Crippen LogP contribution in [-0.2, 0) is 29.0 Å². The molecule has 0 radical (unpaired) electrons. The number of carbonyl (C=O) groups is 5. The molecule has 282 valence electrons. The van der Waals surface area contributed by atoms with Crippen LogP contribution in [0, 0.1) is 34.5 Å². The van der Waals surface area contributed by atoms with Gasteiger partial charge in [-0.25, -0.2) is 13.2 Å². The summed E-state index contributed by atoms with van der Waals surface area (Å²) in [6.07, 6.45) is 8.74. The normalized spacial score (nSPS) is 27.0. The summed E-state index contributed by atoms with van der Waals surface area (Å²) in [5.74, 6) is -2.03. The molecule has 5 fully saturated rings. The number of fused-ring (bicyclic) bond motifs is 1. The largest absolute Gasteiger partial charge is 0.347 e. The molecular formula is C38H62N4O7S. The van der Waals surface area contributed by atoms with Gasteiger partial charge in [-0.15, -0.1) is 0 Å². The van der Waals surface area contributed by atoms with Crippen molar-refractivity contribution in [1.29, 1.82) is 0 Å². The fourth-order valence-electron chi connectivity index (χ4n) is 8.42. The van der Waals surface area contributed by atoms with Crippen LogP contribution in [0.3, 0.4) is 0 Å². The predicted molar refractivity (Wildman–Crippen MR) is 192 cm³/mol. The molecule has 0 aromatic rings. The van der Waals surface area contributed by atoms with E-state index in [9.17, 15) is 32.4 Å². The molecule has 4 aliphatic carbocycles. The first-order valence-electron chi connectivity index (χ1n) is 19.1. The SMILES string of the molecule is CC(C)(C)[C@H](NC(=O)NC1(CS(=O)(=O)C(C)(C)C)CCCCC1)C(=O)N1C[C@H]2[C@@H](C1C(=O)C[C@H](CCC1CC1)C(=O)C(=O)NC1CC1)C2(C)C. The van der Waals surface area contributed by atoms with Gasteiger partial charge in [0, 0.05) is 24.9 Å². The Hall–Kier alpha value is -2.50. The summed E-state index contributed by atoms with van der Waals surface area (Å²) in [4.78, 5) is 70.4. The second-order valence-electron chi connectivity index (χ2n) is 19.0. The maximum atomic E-state index is 14.5. The van der Waals surface area contributed by atoms with Crippen molar-refractivity contribution >= 4 is 39.2 Å². The molecule has 1 unspecified atom stereocenters. The minimum Gasteiger partial charge on any atom is -0.347 e. The summed E-state index contributed by atoms with van der Waals surface area (Å²) < 4.78 is 25.7. The second kappa shape index (κ2) is 13.8. The number of nitrogens with zero attached hydrogens (tertiary/aromatic N) is 1. The highest BCUT2D eigenvalue weighted by Crippen LogP contribution is 2.65. The van der Waals surface area contributed by atoms with Gasteiger partial charge in [-0.2, -0.15) is 0 Å². The van der Waals surface area contributed by atoms with Gasteiger partial charge in [-0.3, -0.25) is 19.2 Å². The number of urea groups is 1. The zero-order valence-corrected chi connectivity index (χ0v) is 32.5. The number of nitrogens with one attached hydrogen (secondary N) is 3. The highest BCUT2D eigenvalue weighted by atomic mass is 32.2. The van der Waals surface area contributed by atoms with Crippen molar-refractivity contribution in [2.45, 2.75) is 161 Å². The molecule has 3 N–H and O–H groups in total. The van der Waals surface area contributed by atoms with Crippen LogP contribution < -0.4 is 16.0 Å². The Kier molecular flexibility index (Phi) is 10.7. The second-order valence-corrected chi connectivity index (χ2v) is 21.7. The Morgan fingerprint density at radius 2 is 1.52 bits per heavy atom. The van der Waals surface area contributed by atoms with Gasteiger partial charge in [0.2, 0.25) is 11.7 Å². The number of likely N-dealkylation sites (tertiary alicyclic amines) is 1. The smallest absolute Gasteiger partial charge is 0.315 e. The van der Waals surface area contributed by atoms with Crippen LogP contribution >= 0.6 is 0 Å². The summed E-state index contributed by atoms with van der Waals surface area (Å²) in [7, 11) is -3.55. The van der Waals surface area contributed by atoms with Gasteiger partial charge in [0.05, 0.1) is 22.1 Å². The lowest BCUT2D eigenvalue weighted by Crippen LogP contribution is -2.63. The molecule has 50 heavy (non-hydrogen) atoms. The molecule has 0 aromatic heterocycles. The monoisotopic (exact) mass is 718 g/mol. The molecule has 5 atom stereocenters. The van der Waals surface area contributed by atoms with Crippen LogP contribution in [0.5, 0.6) is 0 Å². The number of amides is 4. The number of hydrogen-bond acceptors (Lipinski definition) is 7. The van der Waals surface area contributed by atoms with E-state index in [-0.39, 0.29) is 47.2 Å². The Morgan fingerprint density at radius 3 is 2.06 bits per heavy atom. The van der Waals surface area contributed by atoms with Crippen LogP contribution in [-0.4, -0.2) is 83.4 Å².